The molecule has 2 heterocycles. The third kappa shape index (κ3) is 2.51. The molecule has 1 unspecified atom stereocenters. The van der Waals surface area contributed by atoms with Gasteiger partial charge in [0.1, 0.15) is 18.3 Å². The lowest BCUT2D eigenvalue weighted by Crippen LogP contribution is -2.61. The number of hydrogen-bond acceptors (Lipinski definition) is 6. The van der Waals surface area contributed by atoms with E-state index in [1.807, 2.05) is 11.8 Å². The highest BCUT2D eigenvalue weighted by Crippen LogP contribution is 2.30. The predicted octanol–water partition coefficient (Wildman–Crippen LogP) is -1.13. The van der Waals surface area contributed by atoms with Crippen LogP contribution in [-0.4, -0.2) is 69.7 Å². The smallest absolute Gasteiger partial charge is 0.306 e. The Hall–Kier alpha value is -0.690. The summed E-state index contributed by atoms with van der Waals surface area (Å²) in [6.07, 6.45) is -1.85. The summed E-state index contributed by atoms with van der Waals surface area (Å²) in [5, 5.41) is 29.3. The summed E-state index contributed by atoms with van der Waals surface area (Å²) < 4.78 is 5.34. The number of carbonyl (C=O) groups is 1. The van der Waals surface area contributed by atoms with Crippen LogP contribution in [0.2, 0.25) is 0 Å². The summed E-state index contributed by atoms with van der Waals surface area (Å²) in [6.45, 7) is 2.87. The molecule has 6 heteroatoms. The van der Waals surface area contributed by atoms with Crippen LogP contribution in [-0.2, 0) is 9.53 Å². The molecule has 0 aromatic heterocycles. The topological polar surface area (TPSA) is 90.2 Å². The van der Waals surface area contributed by atoms with Crippen molar-refractivity contribution in [1.82, 2.24) is 4.90 Å². The van der Waals surface area contributed by atoms with Crippen molar-refractivity contribution in [2.24, 2.45) is 0 Å². The molecule has 0 radical (unpaired) electrons. The van der Waals surface area contributed by atoms with Crippen LogP contribution in [0.3, 0.4) is 0 Å². The Balaban J connectivity index is 2.01. The van der Waals surface area contributed by atoms with E-state index >= 15 is 0 Å². The van der Waals surface area contributed by atoms with Crippen molar-refractivity contribution in [3.05, 3.63) is 0 Å². The molecule has 0 aromatic rings. The first-order valence-electron chi connectivity index (χ1n) is 6.52. The second-order valence-corrected chi connectivity index (χ2v) is 5.10. The van der Waals surface area contributed by atoms with E-state index in [0.29, 0.717) is 25.9 Å². The minimum Gasteiger partial charge on any atom is -0.461 e. The molecular weight excluding hydrogens is 238 g/mol. The number of esters is 1. The lowest BCUT2D eigenvalue weighted by molar-refractivity contribution is -0.165. The Kier molecular flexibility index (Phi) is 4.21. The Morgan fingerprint density at radius 2 is 2.06 bits per heavy atom. The molecule has 0 aromatic carbocycles. The zero-order chi connectivity index (χ0) is 13.3. The van der Waals surface area contributed by atoms with Crippen LogP contribution in [0.25, 0.3) is 0 Å². The Labute approximate surface area is 106 Å². The first kappa shape index (κ1) is 13.7. The number of aliphatic hydroxyl groups excluding tert-OH is 3. The van der Waals surface area contributed by atoms with Gasteiger partial charge in [-0.25, -0.2) is 0 Å². The molecule has 3 N–H and O–H groups in total. The molecule has 2 aliphatic rings. The van der Waals surface area contributed by atoms with Crippen LogP contribution >= 0.6 is 0 Å². The first-order valence-corrected chi connectivity index (χ1v) is 6.52. The molecule has 0 aliphatic carbocycles. The minimum atomic E-state index is -1.17. The van der Waals surface area contributed by atoms with Crippen molar-refractivity contribution in [2.45, 2.75) is 56.6 Å². The van der Waals surface area contributed by atoms with Gasteiger partial charge >= 0.3 is 5.97 Å². The zero-order valence-corrected chi connectivity index (χ0v) is 10.5. The van der Waals surface area contributed by atoms with Gasteiger partial charge in [-0.05, 0) is 12.8 Å². The Morgan fingerprint density at radius 1 is 1.33 bits per heavy atom. The fourth-order valence-corrected chi connectivity index (χ4v) is 2.84. The maximum absolute atomic E-state index is 11.5. The van der Waals surface area contributed by atoms with Crippen molar-refractivity contribution in [3.8, 4) is 0 Å². The normalized spacial score (nSPS) is 40.6. The summed E-state index contributed by atoms with van der Waals surface area (Å²) in [7, 11) is 0. The summed E-state index contributed by atoms with van der Waals surface area (Å²) in [5.74, 6) is -0.267. The minimum absolute atomic E-state index is 0.267. The molecular formula is C12H21NO5. The molecule has 104 valence electrons. The van der Waals surface area contributed by atoms with Crippen LogP contribution in [0.15, 0.2) is 0 Å². The fourth-order valence-electron chi connectivity index (χ4n) is 2.84. The number of ether oxygens (including phenoxy) is 1. The van der Waals surface area contributed by atoms with Gasteiger partial charge in [-0.2, -0.15) is 0 Å². The molecule has 18 heavy (non-hydrogen) atoms. The Bertz CT molecular complexity index is 311. The van der Waals surface area contributed by atoms with E-state index in [1.165, 1.54) is 0 Å². The van der Waals surface area contributed by atoms with Crippen LogP contribution in [0.5, 0.6) is 0 Å². The average Bonchev–Trinajstić information content (AvgIpc) is 2.69. The van der Waals surface area contributed by atoms with Crippen LogP contribution in [0.4, 0.5) is 0 Å². The molecule has 0 amide bonds. The van der Waals surface area contributed by atoms with Gasteiger partial charge in [-0.3, -0.25) is 9.69 Å². The van der Waals surface area contributed by atoms with Crippen molar-refractivity contribution >= 4 is 5.97 Å². The molecule has 2 fully saturated rings. The fraction of sp³-hybridized carbons (Fsp3) is 0.917. The number of rotatable bonds is 3. The van der Waals surface area contributed by atoms with E-state index < -0.39 is 24.4 Å². The van der Waals surface area contributed by atoms with E-state index in [-0.39, 0.29) is 12.1 Å². The molecule has 5 atom stereocenters. The number of nitrogens with zero attached hydrogens (tertiary/aromatic N) is 1. The Morgan fingerprint density at radius 3 is 2.72 bits per heavy atom. The average molecular weight is 259 g/mol. The summed E-state index contributed by atoms with van der Waals surface area (Å²) in [5.41, 5.74) is 0. The summed E-state index contributed by atoms with van der Waals surface area (Å²) in [4.78, 5) is 13.4. The predicted molar refractivity (Wildman–Crippen MR) is 62.8 cm³/mol. The molecule has 2 aliphatic heterocycles. The van der Waals surface area contributed by atoms with E-state index in [1.54, 1.807) is 0 Å². The lowest BCUT2D eigenvalue weighted by atomic mass is 9.93. The first-order chi connectivity index (χ1) is 8.54. The van der Waals surface area contributed by atoms with E-state index in [4.69, 9.17) is 4.74 Å². The van der Waals surface area contributed by atoms with Gasteiger partial charge in [0, 0.05) is 19.5 Å². The summed E-state index contributed by atoms with van der Waals surface area (Å²) >= 11 is 0. The zero-order valence-electron chi connectivity index (χ0n) is 10.5. The highest BCUT2D eigenvalue weighted by molar-refractivity contribution is 5.69. The quantitative estimate of drug-likeness (QED) is 0.556. The third-order valence-corrected chi connectivity index (χ3v) is 3.76. The van der Waals surface area contributed by atoms with Crippen LogP contribution in [0, 0.1) is 0 Å². The van der Waals surface area contributed by atoms with Gasteiger partial charge in [-0.15, -0.1) is 0 Å². The summed E-state index contributed by atoms with van der Waals surface area (Å²) in [6, 6.07) is -0.399. The lowest BCUT2D eigenvalue weighted by Gasteiger charge is -2.41. The molecule has 2 rings (SSSR count). The maximum Gasteiger partial charge on any atom is 0.306 e. The number of carbonyl (C=O) groups excluding carboxylic acids is 1. The number of fused-ring (bicyclic) bond motifs is 1. The van der Waals surface area contributed by atoms with Crippen molar-refractivity contribution in [1.29, 1.82) is 0 Å². The molecule has 2 saturated heterocycles. The monoisotopic (exact) mass is 259 g/mol. The van der Waals surface area contributed by atoms with Crippen LogP contribution < -0.4 is 0 Å². The van der Waals surface area contributed by atoms with Gasteiger partial charge in [0.15, 0.2) is 0 Å². The van der Waals surface area contributed by atoms with E-state index in [2.05, 4.69) is 0 Å². The van der Waals surface area contributed by atoms with Crippen LogP contribution in [0.1, 0.15) is 26.2 Å². The van der Waals surface area contributed by atoms with Gasteiger partial charge in [0.05, 0.1) is 12.1 Å². The maximum atomic E-state index is 11.5. The van der Waals surface area contributed by atoms with Gasteiger partial charge in [0.25, 0.3) is 0 Å². The van der Waals surface area contributed by atoms with Crippen molar-refractivity contribution < 1.29 is 24.9 Å². The van der Waals surface area contributed by atoms with Gasteiger partial charge in [0.2, 0.25) is 0 Å². The van der Waals surface area contributed by atoms with Crippen molar-refractivity contribution in [2.75, 3.05) is 13.1 Å². The number of hydrogen-bond donors (Lipinski definition) is 3. The highest BCUT2D eigenvalue weighted by Gasteiger charge is 2.49. The second-order valence-electron chi connectivity index (χ2n) is 5.10. The van der Waals surface area contributed by atoms with Gasteiger partial charge in [-0.1, -0.05) is 6.92 Å². The molecule has 6 nitrogen and oxygen atoms in total. The standard InChI is InChI=1S/C12H21NO5/c1-2-3-9(15)18-8-4-5-13-6-7(14)11(16)12(17)10(8)13/h7-8,10-12,14,16-17H,2-6H2,1H3/t7-,8-,10+,11+,12?/m0/s1. The molecule has 0 bridgehead atoms. The molecule has 0 spiro atoms. The van der Waals surface area contributed by atoms with Gasteiger partial charge < -0.3 is 20.1 Å². The SMILES string of the molecule is CCCC(=O)O[C@H]1CCN2C[C@H](O)[C@@H](O)C(O)[C@@H]12. The van der Waals surface area contributed by atoms with E-state index in [0.717, 1.165) is 6.42 Å². The van der Waals surface area contributed by atoms with Crippen molar-refractivity contribution in [3.63, 3.8) is 0 Å². The number of aliphatic hydroxyl groups is 3. The molecule has 0 saturated carbocycles. The highest BCUT2D eigenvalue weighted by atomic mass is 16.5. The largest absolute Gasteiger partial charge is 0.461 e. The number of piperidine rings is 1. The third-order valence-electron chi connectivity index (χ3n) is 3.76. The van der Waals surface area contributed by atoms with E-state index in [9.17, 15) is 20.1 Å². The second kappa shape index (κ2) is 5.52.